The second kappa shape index (κ2) is 34.4. The van der Waals surface area contributed by atoms with Crippen molar-refractivity contribution in [3.8, 4) is 156 Å². The van der Waals surface area contributed by atoms with E-state index in [2.05, 4.69) is 514 Å². The monoisotopic (exact) mass is 1680 g/mol. The molecule has 0 aromatic heterocycles. The average Bonchev–Trinajstić information content (AvgIpc) is 1.58. The average molecular weight is 1680 g/mol. The molecule has 2 aliphatic carbocycles. The van der Waals surface area contributed by atoms with Crippen LogP contribution in [0.15, 0.2) is 497 Å². The molecule has 0 nitrogen and oxygen atoms in total. The molecule has 27 rings (SSSR count). The van der Waals surface area contributed by atoms with E-state index < -0.39 is 0 Å². The van der Waals surface area contributed by atoms with E-state index in [-0.39, 0.29) is 8.41 Å². The molecule has 0 saturated heterocycles. The molecule has 0 unspecified atom stereocenters. The Kier molecular flexibility index (Phi) is 20.6. The summed E-state index contributed by atoms with van der Waals surface area (Å²) in [6.07, 6.45) is 0. The molecule has 3 heteroatoms. The van der Waals surface area contributed by atoms with Gasteiger partial charge in [-0.05, 0) is 309 Å². The van der Waals surface area contributed by atoms with Crippen molar-refractivity contribution in [2.24, 2.45) is 0 Å². The molecule has 25 aromatic carbocycles. The Bertz CT molecular complexity index is 8730. The molecule has 613 valence electrons. The summed E-state index contributed by atoms with van der Waals surface area (Å²) >= 11 is 0. The fourth-order valence-electron chi connectivity index (χ4n) is 21.4. The Morgan fingerprint density at radius 2 is 0.368 bits per heavy atom. The first-order valence-electron chi connectivity index (χ1n) is 46.3. The quantitative estimate of drug-likeness (QED) is 0.0946. The van der Waals surface area contributed by atoms with Crippen LogP contribution in [0.2, 0.25) is 0 Å². The van der Waals surface area contributed by atoms with Gasteiger partial charge in [0, 0.05) is 25.2 Å². The van der Waals surface area contributed by atoms with Gasteiger partial charge in [-0.3, -0.25) is 0 Å². The van der Waals surface area contributed by atoms with Crippen molar-refractivity contribution >= 4 is 133 Å². The minimum absolute atomic E-state index is 0. The summed E-state index contributed by atoms with van der Waals surface area (Å²) < 4.78 is 10.5. The molecular formula is C130H84B3. The normalized spacial score (nSPS) is 11.5. The van der Waals surface area contributed by atoms with Crippen LogP contribution in [0.25, 0.3) is 264 Å². The maximum Gasteiger partial charge on any atom is 0.0379 e. The fourth-order valence-corrected chi connectivity index (χ4v) is 21.4. The summed E-state index contributed by atoms with van der Waals surface area (Å²) in [5.74, 6) is 0. The van der Waals surface area contributed by atoms with Crippen LogP contribution in [0.4, 0.5) is 0 Å². The van der Waals surface area contributed by atoms with Crippen LogP contribution >= 0.6 is 0 Å². The third-order valence-corrected chi connectivity index (χ3v) is 27.4. The fraction of sp³-hybridized carbons (Fsp3) is 0. The lowest BCUT2D eigenvalue weighted by Crippen LogP contribution is -1.93. The summed E-state index contributed by atoms with van der Waals surface area (Å²) in [5, 5.41) is 25.7. The first-order chi connectivity index (χ1) is 66.5. The third-order valence-electron chi connectivity index (χ3n) is 27.4. The van der Waals surface area contributed by atoms with E-state index in [1.165, 1.54) is 264 Å². The predicted molar refractivity (Wildman–Crippen MR) is 578 cm³/mol. The molecule has 0 saturated carbocycles. The molecule has 0 spiro atoms. The Morgan fingerprint density at radius 1 is 0.128 bits per heavy atom. The zero-order chi connectivity index (χ0) is 89.7. The second-order valence-corrected chi connectivity index (χ2v) is 34.7. The van der Waals surface area contributed by atoms with Gasteiger partial charge < -0.3 is 0 Å². The summed E-state index contributed by atoms with van der Waals surface area (Å²) in [6, 6.07) is 182. The minimum atomic E-state index is 0. The van der Waals surface area contributed by atoms with E-state index in [1.807, 2.05) is 0 Å². The SMILES string of the molecule is [2H][B].[3H][B].[B].c1cc(-c2ccc3cc(-c4ccc5ccccc5c4)ccc3c2)cc(-c2ccc3c4c(cccc24)-c2ccccc2-3)c1.c1ccc(-c2ccc3cc(-c4ccc5c6c(cccc46)-c4c-5c(-c5ccccc5)c5ccccc5c4-c4ccccc4)ccc3c2)cc1.c1ccc2cc(-c3c4ccccc4c(-c4ccc(-c5cccc6ccccc56)cc4)c4ccccc34)ccc2c1. The van der Waals surface area contributed by atoms with Gasteiger partial charge in [-0.2, -0.15) is 0 Å². The maximum atomic E-state index is 5.25. The van der Waals surface area contributed by atoms with Crippen LogP contribution < -0.4 is 0 Å². The first kappa shape index (κ1) is 79.7. The smallest absolute Gasteiger partial charge is 0.0379 e. The van der Waals surface area contributed by atoms with Crippen molar-refractivity contribution < 1.29 is 0 Å². The molecule has 133 heavy (non-hydrogen) atoms. The van der Waals surface area contributed by atoms with Crippen molar-refractivity contribution in [2.75, 3.05) is 0 Å². The van der Waals surface area contributed by atoms with Gasteiger partial charge in [-0.15, -0.1) is 0 Å². The summed E-state index contributed by atoms with van der Waals surface area (Å²) in [5.41, 5.74) is 35.9. The number of hydrogen-bond acceptors (Lipinski definition) is 0. The first-order valence-corrected chi connectivity index (χ1v) is 45.1. The van der Waals surface area contributed by atoms with Gasteiger partial charge >= 0.3 is 0 Å². The van der Waals surface area contributed by atoms with Gasteiger partial charge in [0.05, 0.1) is 0 Å². The van der Waals surface area contributed by atoms with Crippen molar-refractivity contribution in [3.63, 3.8) is 0 Å². The highest BCUT2D eigenvalue weighted by molar-refractivity contribution is 6.30. The van der Waals surface area contributed by atoms with Gasteiger partial charge in [-0.1, -0.05) is 455 Å². The second-order valence-electron chi connectivity index (χ2n) is 34.7. The largest absolute Gasteiger partial charge is 0.0622 e. The van der Waals surface area contributed by atoms with Gasteiger partial charge in [0.1, 0.15) is 0 Å². The zero-order valence-corrected chi connectivity index (χ0v) is 73.1. The van der Waals surface area contributed by atoms with E-state index in [9.17, 15) is 0 Å². The standard InChI is InChI=1S/C48H30.C42H26.C40H26.2BH.B/c1-4-13-31(14-5-1)34-23-24-36-30-37(26-25-35(36)29-34)38-27-28-43-46-39(38)21-12-22-42(46)47-44(32-15-6-2-7-16-32)40-19-10-11-20-41(40)45(48(43)47)33-17-8-3-9-18-33;1-2-8-28-23-31(16-15-27(28)7-1)33-20-19-32-24-30(17-18-34(32)25-33)29-9-5-10-35(26-29)36-21-22-41-38-12-4-3-11-37(38)40-14-6-13-39(36)42(40)41;1-2-12-31-26-32(25-20-27(31)10-1)40-37-17-7-5-15-35(37)39(36-16-6-8-18-38(36)40)30-23-21-29(22-24-30)34-19-9-13-28-11-3-4-14-33(28)34;;;/h1-30H;1-26H;1-26H;2*1H;/i;;;1T;1D;. The number of hydrogen-bond donors (Lipinski definition) is 0. The van der Waals surface area contributed by atoms with Crippen molar-refractivity contribution in [2.45, 2.75) is 0 Å². The molecule has 0 aliphatic heterocycles. The molecule has 25 aromatic rings. The van der Waals surface area contributed by atoms with Crippen LogP contribution in [0, 0.1) is 0 Å². The summed E-state index contributed by atoms with van der Waals surface area (Å²) in [4.78, 5) is 0. The zero-order valence-electron chi connectivity index (χ0n) is 75.1. The molecule has 7 radical (unpaired) electrons. The number of rotatable bonds is 10. The van der Waals surface area contributed by atoms with E-state index in [0.29, 0.717) is 0 Å². The molecule has 0 heterocycles. The van der Waals surface area contributed by atoms with Crippen molar-refractivity contribution in [3.05, 3.63) is 497 Å². The van der Waals surface area contributed by atoms with Crippen LogP contribution in [-0.2, 0) is 0 Å². The molecule has 2 aliphatic rings. The Hall–Kier alpha value is -16.7. The highest BCUT2D eigenvalue weighted by Crippen LogP contribution is 2.59. The molecule has 0 atom stereocenters. The lowest BCUT2D eigenvalue weighted by Gasteiger charge is -2.20. The Labute approximate surface area is 783 Å². The van der Waals surface area contributed by atoms with Gasteiger partial charge in [0.15, 0.2) is 0 Å². The summed E-state index contributed by atoms with van der Waals surface area (Å²) in [6.45, 7) is 0. The predicted octanol–water partition coefficient (Wildman–Crippen LogP) is 34.9. The van der Waals surface area contributed by atoms with Crippen molar-refractivity contribution in [1.82, 2.24) is 0 Å². The van der Waals surface area contributed by atoms with Crippen LogP contribution in [-0.4, -0.2) is 27.8 Å². The highest BCUT2D eigenvalue weighted by Gasteiger charge is 2.32. The molecule has 0 bridgehead atoms. The van der Waals surface area contributed by atoms with Crippen molar-refractivity contribution in [1.29, 1.82) is 2.67 Å². The Balaban J connectivity index is 0.000000115. The van der Waals surface area contributed by atoms with Gasteiger partial charge in [0.2, 0.25) is 0 Å². The van der Waals surface area contributed by atoms with E-state index >= 15 is 0 Å². The number of benzene rings is 25. The molecule has 0 fully saturated rings. The van der Waals surface area contributed by atoms with Crippen LogP contribution in [0.1, 0.15) is 0 Å². The summed E-state index contributed by atoms with van der Waals surface area (Å²) in [7, 11) is 7.50. The Morgan fingerprint density at radius 3 is 0.880 bits per heavy atom. The topological polar surface area (TPSA) is 0 Å². The number of fused-ring (bicyclic) bond motifs is 14. The lowest BCUT2D eigenvalue weighted by molar-refractivity contribution is 1.62. The van der Waals surface area contributed by atoms with Gasteiger partial charge in [0.25, 0.3) is 0 Å². The molecule has 0 N–H and O–H groups in total. The minimum Gasteiger partial charge on any atom is -0.0622 e. The van der Waals surface area contributed by atoms with Gasteiger partial charge in [-0.25, -0.2) is 0 Å². The van der Waals surface area contributed by atoms with Crippen LogP contribution in [0.3, 0.4) is 0 Å². The maximum absolute atomic E-state index is 5.25. The van der Waals surface area contributed by atoms with Crippen LogP contribution in [0.5, 0.6) is 0 Å². The third kappa shape index (κ3) is 14.2. The van der Waals surface area contributed by atoms with E-state index in [0.717, 1.165) is 0 Å². The lowest BCUT2D eigenvalue weighted by atomic mass is 9.82. The highest BCUT2D eigenvalue weighted by atomic mass is 14.3. The van der Waals surface area contributed by atoms with E-state index in [1.54, 1.807) is 0 Å². The molecule has 0 amide bonds. The molecular weight excluding hydrogens is 1590 g/mol. The van der Waals surface area contributed by atoms with E-state index in [4.69, 9.17) is 2.67 Å².